The number of rotatable bonds is 6. The molecule has 0 spiro atoms. The van der Waals surface area contributed by atoms with Crippen LogP contribution in [0.3, 0.4) is 0 Å². The average Bonchev–Trinajstić information content (AvgIpc) is 2.55. The maximum atomic E-state index is 12.4. The first-order chi connectivity index (χ1) is 10.2. The molecule has 0 saturated carbocycles. The van der Waals surface area contributed by atoms with Gasteiger partial charge in [-0.2, -0.15) is 0 Å². The van der Waals surface area contributed by atoms with Crippen LogP contribution in [0.15, 0.2) is 24.5 Å². The van der Waals surface area contributed by atoms with E-state index in [1.54, 1.807) is 0 Å². The standard InChI is InChI=1S/C16H26N4O/c1-14(4-2-3-7-17)16(21)20-12-10-19(11-13-20)15-5-8-18-9-6-15/h5-6,8-9,14H,2-4,7,10-13,17H2,1H3/t14-/m0/s1. The lowest BCUT2D eigenvalue weighted by Gasteiger charge is -2.37. The minimum Gasteiger partial charge on any atom is -0.368 e. The Morgan fingerprint density at radius 3 is 2.52 bits per heavy atom. The number of hydrogen-bond acceptors (Lipinski definition) is 4. The number of carbonyl (C=O) groups excluding carboxylic acids is 1. The predicted molar refractivity (Wildman–Crippen MR) is 85.1 cm³/mol. The van der Waals surface area contributed by atoms with Crippen molar-refractivity contribution in [2.24, 2.45) is 11.7 Å². The maximum absolute atomic E-state index is 12.4. The van der Waals surface area contributed by atoms with E-state index in [1.807, 2.05) is 36.4 Å². The molecule has 1 aromatic rings. The van der Waals surface area contributed by atoms with E-state index in [4.69, 9.17) is 5.73 Å². The molecule has 2 heterocycles. The summed E-state index contributed by atoms with van der Waals surface area (Å²) in [6, 6.07) is 4.04. The summed E-state index contributed by atoms with van der Waals surface area (Å²) in [7, 11) is 0. The van der Waals surface area contributed by atoms with Gasteiger partial charge < -0.3 is 15.5 Å². The average molecular weight is 290 g/mol. The van der Waals surface area contributed by atoms with E-state index < -0.39 is 0 Å². The third kappa shape index (κ3) is 4.43. The second-order valence-corrected chi connectivity index (χ2v) is 5.70. The molecule has 0 aromatic carbocycles. The second kappa shape index (κ2) is 7.98. The van der Waals surface area contributed by atoms with Crippen LogP contribution < -0.4 is 10.6 Å². The summed E-state index contributed by atoms with van der Waals surface area (Å²) in [6.45, 7) is 6.15. The van der Waals surface area contributed by atoms with E-state index in [9.17, 15) is 4.79 Å². The Labute approximate surface area is 127 Å². The van der Waals surface area contributed by atoms with Crippen LogP contribution >= 0.6 is 0 Å². The number of pyridine rings is 1. The lowest BCUT2D eigenvalue weighted by Crippen LogP contribution is -2.50. The van der Waals surface area contributed by atoms with E-state index in [0.717, 1.165) is 45.4 Å². The van der Waals surface area contributed by atoms with Crippen LogP contribution in [0.1, 0.15) is 26.2 Å². The molecule has 1 aromatic heterocycles. The zero-order valence-electron chi connectivity index (χ0n) is 12.9. The van der Waals surface area contributed by atoms with Crippen molar-refractivity contribution in [1.82, 2.24) is 9.88 Å². The summed E-state index contributed by atoms with van der Waals surface area (Å²) in [4.78, 5) is 20.8. The summed E-state index contributed by atoms with van der Waals surface area (Å²) in [5.74, 6) is 0.408. The topological polar surface area (TPSA) is 62.5 Å². The van der Waals surface area contributed by atoms with Gasteiger partial charge in [-0.1, -0.05) is 13.3 Å². The van der Waals surface area contributed by atoms with Gasteiger partial charge >= 0.3 is 0 Å². The molecule has 0 aliphatic carbocycles. The van der Waals surface area contributed by atoms with Gasteiger partial charge in [0.1, 0.15) is 0 Å². The Hall–Kier alpha value is -1.62. The van der Waals surface area contributed by atoms with Crippen molar-refractivity contribution >= 4 is 11.6 Å². The summed E-state index contributed by atoms with van der Waals surface area (Å²) in [5.41, 5.74) is 6.69. The van der Waals surface area contributed by atoms with Gasteiger partial charge in [0.2, 0.25) is 5.91 Å². The molecule has 1 aliphatic heterocycles. The lowest BCUT2D eigenvalue weighted by molar-refractivity contribution is -0.135. The van der Waals surface area contributed by atoms with Crippen LogP contribution in [-0.2, 0) is 4.79 Å². The number of nitrogens with zero attached hydrogens (tertiary/aromatic N) is 3. The molecule has 2 rings (SSSR count). The van der Waals surface area contributed by atoms with Crippen LogP contribution in [0.4, 0.5) is 5.69 Å². The number of aromatic nitrogens is 1. The Bertz CT molecular complexity index is 429. The van der Waals surface area contributed by atoms with E-state index in [-0.39, 0.29) is 5.92 Å². The van der Waals surface area contributed by atoms with Crippen LogP contribution in [0, 0.1) is 5.92 Å². The molecule has 2 N–H and O–H groups in total. The summed E-state index contributed by atoms with van der Waals surface area (Å²) in [5, 5.41) is 0. The van der Waals surface area contributed by atoms with Crippen molar-refractivity contribution in [2.45, 2.75) is 26.2 Å². The number of piperazine rings is 1. The van der Waals surface area contributed by atoms with Crippen molar-refractivity contribution in [3.63, 3.8) is 0 Å². The van der Waals surface area contributed by atoms with Gasteiger partial charge in [0.25, 0.3) is 0 Å². The minimum atomic E-state index is 0.115. The maximum Gasteiger partial charge on any atom is 0.225 e. The number of carbonyl (C=O) groups is 1. The smallest absolute Gasteiger partial charge is 0.225 e. The van der Waals surface area contributed by atoms with Gasteiger partial charge in [0, 0.05) is 50.2 Å². The number of hydrogen-bond donors (Lipinski definition) is 1. The van der Waals surface area contributed by atoms with Crippen molar-refractivity contribution < 1.29 is 4.79 Å². The molecule has 21 heavy (non-hydrogen) atoms. The van der Waals surface area contributed by atoms with Gasteiger partial charge in [-0.05, 0) is 31.5 Å². The molecule has 0 bridgehead atoms. The first kappa shape index (κ1) is 15.8. The van der Waals surface area contributed by atoms with Crippen LogP contribution in [0.2, 0.25) is 0 Å². The van der Waals surface area contributed by atoms with E-state index in [0.29, 0.717) is 12.5 Å². The van der Waals surface area contributed by atoms with E-state index in [1.165, 1.54) is 5.69 Å². The summed E-state index contributed by atoms with van der Waals surface area (Å²) in [6.07, 6.45) is 6.62. The number of amides is 1. The molecular weight excluding hydrogens is 264 g/mol. The highest BCUT2D eigenvalue weighted by atomic mass is 16.2. The molecule has 1 amide bonds. The number of unbranched alkanes of at least 4 members (excludes halogenated alkanes) is 1. The van der Waals surface area contributed by atoms with Gasteiger partial charge in [-0.25, -0.2) is 0 Å². The fraction of sp³-hybridized carbons (Fsp3) is 0.625. The van der Waals surface area contributed by atoms with Crippen molar-refractivity contribution in [2.75, 3.05) is 37.6 Å². The van der Waals surface area contributed by atoms with Crippen molar-refractivity contribution in [3.8, 4) is 0 Å². The molecule has 5 nitrogen and oxygen atoms in total. The SMILES string of the molecule is C[C@@H](CCCCN)C(=O)N1CCN(c2ccncc2)CC1. The highest BCUT2D eigenvalue weighted by Crippen LogP contribution is 2.17. The molecule has 1 atom stereocenters. The predicted octanol–water partition coefficient (Wildman–Crippen LogP) is 1.50. The Balaban J connectivity index is 1.79. The molecule has 0 unspecified atom stereocenters. The first-order valence-corrected chi connectivity index (χ1v) is 7.86. The first-order valence-electron chi connectivity index (χ1n) is 7.86. The monoisotopic (exact) mass is 290 g/mol. The second-order valence-electron chi connectivity index (χ2n) is 5.70. The molecule has 116 valence electrons. The third-order valence-corrected chi connectivity index (χ3v) is 4.13. The molecule has 1 aliphatic rings. The van der Waals surface area contributed by atoms with Crippen LogP contribution in [0.5, 0.6) is 0 Å². The van der Waals surface area contributed by atoms with Crippen molar-refractivity contribution in [1.29, 1.82) is 0 Å². The minimum absolute atomic E-state index is 0.115. The molecular formula is C16H26N4O. The normalized spacial score (nSPS) is 16.9. The van der Waals surface area contributed by atoms with E-state index in [2.05, 4.69) is 9.88 Å². The van der Waals surface area contributed by atoms with Gasteiger partial charge in [-0.15, -0.1) is 0 Å². The van der Waals surface area contributed by atoms with Crippen molar-refractivity contribution in [3.05, 3.63) is 24.5 Å². The van der Waals surface area contributed by atoms with Gasteiger partial charge in [-0.3, -0.25) is 9.78 Å². The molecule has 1 fully saturated rings. The summed E-state index contributed by atoms with van der Waals surface area (Å²) >= 11 is 0. The Kier molecular flexibility index (Phi) is 5.99. The van der Waals surface area contributed by atoms with E-state index >= 15 is 0 Å². The van der Waals surface area contributed by atoms with Crippen LogP contribution in [0.25, 0.3) is 0 Å². The lowest BCUT2D eigenvalue weighted by atomic mass is 10.0. The molecule has 5 heteroatoms. The highest BCUT2D eigenvalue weighted by molar-refractivity contribution is 5.78. The Morgan fingerprint density at radius 1 is 1.24 bits per heavy atom. The largest absolute Gasteiger partial charge is 0.368 e. The quantitative estimate of drug-likeness (QED) is 0.806. The number of anilines is 1. The van der Waals surface area contributed by atoms with Crippen LogP contribution in [-0.4, -0.2) is 48.5 Å². The summed E-state index contributed by atoms with van der Waals surface area (Å²) < 4.78 is 0. The number of nitrogens with two attached hydrogens (primary N) is 1. The third-order valence-electron chi connectivity index (χ3n) is 4.13. The van der Waals surface area contributed by atoms with Gasteiger partial charge in [0.15, 0.2) is 0 Å². The fourth-order valence-electron chi connectivity index (χ4n) is 2.77. The molecule has 0 radical (unpaired) electrons. The fourth-order valence-corrected chi connectivity index (χ4v) is 2.77. The van der Waals surface area contributed by atoms with Gasteiger partial charge in [0.05, 0.1) is 0 Å². The zero-order valence-corrected chi connectivity index (χ0v) is 12.9. The Morgan fingerprint density at radius 2 is 1.90 bits per heavy atom. The zero-order chi connectivity index (χ0) is 15.1. The molecule has 1 saturated heterocycles. The highest BCUT2D eigenvalue weighted by Gasteiger charge is 2.24.